The molecule has 2 aliphatic carbocycles. The number of phenols is 1. The summed E-state index contributed by atoms with van der Waals surface area (Å²) in [5, 5.41) is 9.14. The number of ketones is 2. The highest BCUT2D eigenvalue weighted by Crippen LogP contribution is 2.33. The van der Waals surface area contributed by atoms with Crippen molar-refractivity contribution in [2.45, 2.75) is 83.2 Å². The summed E-state index contributed by atoms with van der Waals surface area (Å²) >= 11 is 0. The number of ether oxygens (including phenoxy) is 1. The van der Waals surface area contributed by atoms with Crippen molar-refractivity contribution >= 4 is 11.6 Å². The lowest BCUT2D eigenvalue weighted by molar-refractivity contribution is -0.121. The van der Waals surface area contributed by atoms with Crippen molar-refractivity contribution in [3.8, 4) is 11.5 Å². The zero-order valence-corrected chi connectivity index (χ0v) is 18.7. The van der Waals surface area contributed by atoms with E-state index in [1.807, 2.05) is 38.1 Å². The van der Waals surface area contributed by atoms with Crippen LogP contribution in [0, 0.1) is 0 Å². The summed E-state index contributed by atoms with van der Waals surface area (Å²) in [5.74, 6) is 3.10. The summed E-state index contributed by atoms with van der Waals surface area (Å²) in [7, 11) is 0. The molecule has 0 amide bonds. The molecule has 0 heterocycles. The first-order valence-electron chi connectivity index (χ1n) is 11.5. The highest BCUT2D eigenvalue weighted by Gasteiger charge is 2.20. The minimum absolute atomic E-state index is 0.216. The largest absolute Gasteiger partial charge is 0.508 e. The van der Waals surface area contributed by atoms with Crippen molar-refractivity contribution in [3.05, 3.63) is 59.7 Å². The first-order valence-corrected chi connectivity index (χ1v) is 11.5. The van der Waals surface area contributed by atoms with Gasteiger partial charge in [-0.2, -0.15) is 0 Å². The van der Waals surface area contributed by atoms with Crippen LogP contribution < -0.4 is 4.74 Å². The molecular weight excluding hydrogens is 388 g/mol. The molecule has 2 fully saturated rings. The molecule has 166 valence electrons. The third kappa shape index (κ3) is 7.23. The zero-order valence-electron chi connectivity index (χ0n) is 18.7. The van der Waals surface area contributed by atoms with Crippen LogP contribution in [0.1, 0.15) is 88.2 Å². The Morgan fingerprint density at radius 3 is 1.48 bits per heavy atom. The Kier molecular flexibility index (Phi) is 8.27. The number of hydrogen-bond acceptors (Lipinski definition) is 4. The molecule has 2 aromatic rings. The first kappa shape index (κ1) is 23.1. The van der Waals surface area contributed by atoms with Crippen LogP contribution in [-0.4, -0.2) is 22.8 Å². The second-order valence-corrected chi connectivity index (χ2v) is 8.95. The van der Waals surface area contributed by atoms with Gasteiger partial charge in [0.25, 0.3) is 0 Å². The van der Waals surface area contributed by atoms with E-state index >= 15 is 0 Å². The van der Waals surface area contributed by atoms with Gasteiger partial charge in [-0.05, 0) is 86.8 Å². The normalized spacial score (nSPS) is 17.9. The van der Waals surface area contributed by atoms with Gasteiger partial charge >= 0.3 is 0 Å². The molecule has 0 spiro atoms. The molecular formula is C27H34O4. The molecule has 0 atom stereocenters. The van der Waals surface area contributed by atoms with Crippen LogP contribution in [0.5, 0.6) is 11.5 Å². The van der Waals surface area contributed by atoms with Crippen LogP contribution in [0.4, 0.5) is 0 Å². The molecule has 0 aliphatic heterocycles. The Morgan fingerprint density at radius 2 is 1.10 bits per heavy atom. The van der Waals surface area contributed by atoms with Gasteiger partial charge in [0.05, 0.1) is 6.10 Å². The fourth-order valence-corrected chi connectivity index (χ4v) is 4.38. The van der Waals surface area contributed by atoms with Crippen molar-refractivity contribution in [2.24, 2.45) is 0 Å². The molecule has 0 aromatic heterocycles. The maximum absolute atomic E-state index is 11.2. The van der Waals surface area contributed by atoms with Crippen molar-refractivity contribution in [3.63, 3.8) is 0 Å². The molecule has 4 rings (SSSR count). The molecule has 4 nitrogen and oxygen atoms in total. The molecule has 0 unspecified atom stereocenters. The van der Waals surface area contributed by atoms with Gasteiger partial charge < -0.3 is 9.84 Å². The number of aromatic hydroxyl groups is 1. The molecule has 2 aliphatic rings. The van der Waals surface area contributed by atoms with Gasteiger partial charge in [0, 0.05) is 25.7 Å². The molecule has 1 N–H and O–H groups in total. The van der Waals surface area contributed by atoms with Crippen LogP contribution in [0.2, 0.25) is 0 Å². The van der Waals surface area contributed by atoms with E-state index in [-0.39, 0.29) is 6.10 Å². The van der Waals surface area contributed by atoms with Crippen molar-refractivity contribution < 1.29 is 19.4 Å². The first-order chi connectivity index (χ1) is 14.9. The van der Waals surface area contributed by atoms with E-state index in [1.165, 1.54) is 11.1 Å². The van der Waals surface area contributed by atoms with E-state index in [1.54, 1.807) is 12.1 Å². The van der Waals surface area contributed by atoms with Crippen molar-refractivity contribution in [2.75, 3.05) is 0 Å². The molecule has 2 saturated carbocycles. The number of carbonyl (C=O) groups is 2. The van der Waals surface area contributed by atoms with Crippen LogP contribution in [0.25, 0.3) is 0 Å². The third-order valence-electron chi connectivity index (χ3n) is 6.17. The van der Waals surface area contributed by atoms with Crippen LogP contribution in [0.15, 0.2) is 48.5 Å². The standard InChI is InChI=1S/C15H20O2.C12H14O2/c1-11(2)17-15-9-5-13(6-10-15)12-3-7-14(16)8-4-12;13-11-5-1-9(2-6-11)10-3-7-12(14)8-4-10/h5-6,9-12H,3-4,7-8H2,1-2H3;1-2,5-6,10,13H,3-4,7-8H2. The van der Waals surface area contributed by atoms with Gasteiger partial charge in [-0.15, -0.1) is 0 Å². The summed E-state index contributed by atoms with van der Waals surface area (Å²) < 4.78 is 5.62. The molecule has 31 heavy (non-hydrogen) atoms. The van der Waals surface area contributed by atoms with Gasteiger partial charge in [0.1, 0.15) is 23.1 Å². The number of phenolic OH excluding ortho intramolecular Hbond substituents is 1. The number of rotatable bonds is 4. The predicted molar refractivity (Wildman–Crippen MR) is 123 cm³/mol. The van der Waals surface area contributed by atoms with Crippen LogP contribution >= 0.6 is 0 Å². The van der Waals surface area contributed by atoms with Crippen molar-refractivity contribution in [1.29, 1.82) is 0 Å². The summed E-state index contributed by atoms with van der Waals surface area (Å²) in [6, 6.07) is 15.7. The number of benzene rings is 2. The lowest BCUT2D eigenvalue weighted by Gasteiger charge is -2.21. The predicted octanol–water partition coefficient (Wildman–Crippen LogP) is 6.32. The quantitative estimate of drug-likeness (QED) is 0.626. The smallest absolute Gasteiger partial charge is 0.132 e. The van der Waals surface area contributed by atoms with Gasteiger partial charge in [-0.1, -0.05) is 24.3 Å². The zero-order chi connectivity index (χ0) is 22.2. The highest BCUT2D eigenvalue weighted by molar-refractivity contribution is 5.79. The average Bonchev–Trinajstić information content (AvgIpc) is 2.76. The van der Waals surface area contributed by atoms with E-state index < -0.39 is 0 Å². The van der Waals surface area contributed by atoms with Gasteiger partial charge in [-0.25, -0.2) is 0 Å². The molecule has 0 saturated heterocycles. The summed E-state index contributed by atoms with van der Waals surface area (Å²) in [6.45, 7) is 4.06. The molecule has 4 heteroatoms. The van der Waals surface area contributed by atoms with E-state index in [0.29, 0.717) is 42.0 Å². The number of carbonyl (C=O) groups excluding carboxylic acids is 2. The van der Waals surface area contributed by atoms with E-state index in [4.69, 9.17) is 9.84 Å². The van der Waals surface area contributed by atoms with Gasteiger partial charge in [-0.3, -0.25) is 9.59 Å². The topological polar surface area (TPSA) is 63.6 Å². The number of hydrogen-bond donors (Lipinski definition) is 1. The van der Waals surface area contributed by atoms with Crippen molar-refractivity contribution in [1.82, 2.24) is 0 Å². The molecule has 0 bridgehead atoms. The minimum atomic E-state index is 0.216. The molecule has 2 aromatic carbocycles. The number of Topliss-reactive ketones (excluding diaryl/α,β-unsaturated/α-hetero) is 2. The van der Waals surface area contributed by atoms with E-state index in [0.717, 1.165) is 44.3 Å². The summed E-state index contributed by atoms with van der Waals surface area (Å²) in [4.78, 5) is 22.2. The maximum atomic E-state index is 11.2. The summed E-state index contributed by atoms with van der Waals surface area (Å²) in [6.07, 6.45) is 7.06. The minimum Gasteiger partial charge on any atom is -0.508 e. The third-order valence-corrected chi connectivity index (χ3v) is 6.17. The Balaban J connectivity index is 0.000000179. The maximum Gasteiger partial charge on any atom is 0.132 e. The molecule has 0 radical (unpaired) electrons. The Bertz CT molecular complexity index is 832. The fraction of sp³-hybridized carbons (Fsp3) is 0.481. The Labute approximate surface area is 185 Å². The SMILES string of the molecule is CC(C)Oc1ccc(C2CCC(=O)CC2)cc1.O=C1CCC(c2ccc(O)cc2)CC1. The van der Waals surface area contributed by atoms with Gasteiger partial charge in [0.2, 0.25) is 0 Å². The fourth-order valence-electron chi connectivity index (χ4n) is 4.38. The summed E-state index contributed by atoms with van der Waals surface area (Å²) in [5.41, 5.74) is 2.59. The van der Waals surface area contributed by atoms with E-state index in [9.17, 15) is 9.59 Å². The van der Waals surface area contributed by atoms with Crippen LogP contribution in [-0.2, 0) is 9.59 Å². The second kappa shape index (κ2) is 11.1. The average molecular weight is 423 g/mol. The monoisotopic (exact) mass is 422 g/mol. The highest BCUT2D eigenvalue weighted by atomic mass is 16.5. The van der Waals surface area contributed by atoms with E-state index in [2.05, 4.69) is 12.1 Å². The van der Waals surface area contributed by atoms with Crippen LogP contribution in [0.3, 0.4) is 0 Å². The lowest BCUT2D eigenvalue weighted by Crippen LogP contribution is -2.12. The lowest BCUT2D eigenvalue weighted by atomic mass is 9.83. The Hall–Kier alpha value is -2.62. The van der Waals surface area contributed by atoms with Gasteiger partial charge in [0.15, 0.2) is 0 Å². The second-order valence-electron chi connectivity index (χ2n) is 8.95. The Morgan fingerprint density at radius 1 is 0.710 bits per heavy atom.